The number of carboxylic acids is 1. The maximum absolute atomic E-state index is 10.6. The molecule has 0 aliphatic rings. The van der Waals surface area contributed by atoms with E-state index in [2.05, 4.69) is 6.07 Å². The Bertz CT molecular complexity index is 469. The lowest BCUT2D eigenvalue weighted by Gasteiger charge is -2.17. The molecule has 1 rings (SSSR count). The highest BCUT2D eigenvalue weighted by atomic mass is 16.4. The van der Waals surface area contributed by atoms with Gasteiger partial charge in [0.25, 0.3) is 0 Å². The second-order valence-corrected chi connectivity index (χ2v) is 3.73. The molecule has 0 saturated heterocycles. The minimum absolute atomic E-state index is 0.325. The lowest BCUT2D eigenvalue weighted by Crippen LogP contribution is -2.17. The molecule has 1 aromatic rings. The number of aliphatic carboxylic acids is 1. The molecule has 0 aliphatic carbocycles. The molecule has 0 aromatic heterocycles. The zero-order valence-electron chi connectivity index (χ0n) is 9.84. The molecule has 0 fully saturated rings. The summed E-state index contributed by atoms with van der Waals surface area (Å²) >= 11 is 0. The molecular weight excluding hydrogens is 216 g/mol. The third-order valence-electron chi connectivity index (χ3n) is 2.45. The summed E-state index contributed by atoms with van der Waals surface area (Å²) in [4.78, 5) is 12.5. The Morgan fingerprint density at radius 3 is 2.53 bits per heavy atom. The van der Waals surface area contributed by atoms with E-state index in [-0.39, 0.29) is 0 Å². The molecule has 0 bridgehead atoms. The number of benzene rings is 1. The van der Waals surface area contributed by atoms with Gasteiger partial charge in [-0.2, -0.15) is 5.26 Å². The Morgan fingerprint density at radius 2 is 2.06 bits per heavy atom. The van der Waals surface area contributed by atoms with Gasteiger partial charge in [0.2, 0.25) is 0 Å². The number of hydrogen-bond acceptors (Lipinski definition) is 3. The predicted octanol–water partition coefficient (Wildman–Crippen LogP) is 2.03. The van der Waals surface area contributed by atoms with Crippen molar-refractivity contribution >= 4 is 11.7 Å². The van der Waals surface area contributed by atoms with Crippen LogP contribution in [0.15, 0.2) is 35.9 Å². The van der Waals surface area contributed by atoms with E-state index >= 15 is 0 Å². The number of nitriles is 1. The van der Waals surface area contributed by atoms with Crippen LogP contribution < -0.4 is 4.90 Å². The average Bonchev–Trinajstić information content (AvgIpc) is 2.35. The van der Waals surface area contributed by atoms with Crippen molar-refractivity contribution < 1.29 is 9.90 Å². The van der Waals surface area contributed by atoms with Crippen molar-refractivity contribution in [3.8, 4) is 6.07 Å². The van der Waals surface area contributed by atoms with Gasteiger partial charge in [0.15, 0.2) is 0 Å². The van der Waals surface area contributed by atoms with Gasteiger partial charge >= 0.3 is 5.97 Å². The maximum atomic E-state index is 10.6. The fourth-order valence-corrected chi connectivity index (χ4v) is 1.26. The van der Waals surface area contributed by atoms with Gasteiger partial charge in [0, 0.05) is 24.9 Å². The van der Waals surface area contributed by atoms with Crippen LogP contribution in [0.1, 0.15) is 12.5 Å². The number of anilines is 1. The van der Waals surface area contributed by atoms with E-state index in [1.807, 2.05) is 24.1 Å². The molecule has 0 amide bonds. The Hall–Kier alpha value is -2.28. The van der Waals surface area contributed by atoms with Crippen molar-refractivity contribution in [3.63, 3.8) is 0 Å². The van der Waals surface area contributed by atoms with Gasteiger partial charge in [-0.25, -0.2) is 4.79 Å². The Morgan fingerprint density at radius 1 is 1.47 bits per heavy atom. The third-order valence-corrected chi connectivity index (χ3v) is 2.45. The van der Waals surface area contributed by atoms with E-state index in [1.165, 1.54) is 0 Å². The minimum Gasteiger partial charge on any atom is -0.478 e. The highest BCUT2D eigenvalue weighted by Crippen LogP contribution is 2.13. The average molecular weight is 230 g/mol. The van der Waals surface area contributed by atoms with E-state index in [0.29, 0.717) is 17.7 Å². The summed E-state index contributed by atoms with van der Waals surface area (Å²) in [5.41, 5.74) is 1.88. The zero-order chi connectivity index (χ0) is 12.8. The normalized spacial score (nSPS) is 10.8. The molecule has 0 heterocycles. The van der Waals surface area contributed by atoms with Crippen LogP contribution in [0, 0.1) is 11.3 Å². The fraction of sp³-hybridized carbons (Fsp3) is 0.231. The van der Waals surface area contributed by atoms with Crippen molar-refractivity contribution in [2.45, 2.75) is 6.92 Å². The first kappa shape index (κ1) is 12.8. The quantitative estimate of drug-likeness (QED) is 0.804. The summed E-state index contributed by atoms with van der Waals surface area (Å²) in [6, 6.07) is 9.19. The third kappa shape index (κ3) is 3.65. The number of carboxylic acid groups (broad SMARTS) is 1. The topological polar surface area (TPSA) is 64.3 Å². The van der Waals surface area contributed by atoms with Crippen LogP contribution in [0.2, 0.25) is 0 Å². The predicted molar refractivity (Wildman–Crippen MR) is 65.8 cm³/mol. The first-order valence-electron chi connectivity index (χ1n) is 5.16. The largest absolute Gasteiger partial charge is 0.478 e. The number of hydrogen-bond donors (Lipinski definition) is 1. The molecule has 1 N–H and O–H groups in total. The van der Waals surface area contributed by atoms with E-state index in [1.54, 1.807) is 25.1 Å². The number of rotatable bonds is 4. The monoisotopic (exact) mass is 230 g/mol. The van der Waals surface area contributed by atoms with Crippen molar-refractivity contribution in [2.24, 2.45) is 0 Å². The van der Waals surface area contributed by atoms with Gasteiger partial charge in [0.1, 0.15) is 0 Å². The summed E-state index contributed by atoms with van der Waals surface area (Å²) in [6.45, 7) is 2.08. The Labute approximate surface area is 100 Å². The molecule has 0 unspecified atom stereocenters. The van der Waals surface area contributed by atoms with Crippen molar-refractivity contribution in [1.29, 1.82) is 5.26 Å². The summed E-state index contributed by atoms with van der Waals surface area (Å²) in [5, 5.41) is 17.4. The van der Waals surface area contributed by atoms with Crippen LogP contribution in [0.4, 0.5) is 5.69 Å². The van der Waals surface area contributed by atoms with E-state index in [9.17, 15) is 4.79 Å². The SMILES string of the molecule is CC(=CCN(C)c1ccc(C#N)cc1)C(=O)O. The smallest absolute Gasteiger partial charge is 0.331 e. The van der Waals surface area contributed by atoms with Crippen LogP contribution >= 0.6 is 0 Å². The van der Waals surface area contributed by atoms with Crippen molar-refractivity contribution in [1.82, 2.24) is 0 Å². The summed E-state index contributed by atoms with van der Waals surface area (Å²) in [7, 11) is 1.87. The molecule has 0 atom stereocenters. The lowest BCUT2D eigenvalue weighted by molar-refractivity contribution is -0.132. The highest BCUT2D eigenvalue weighted by molar-refractivity contribution is 5.85. The van der Waals surface area contributed by atoms with Crippen LogP contribution in [0.3, 0.4) is 0 Å². The number of carbonyl (C=O) groups is 1. The minimum atomic E-state index is -0.904. The van der Waals surface area contributed by atoms with Crippen molar-refractivity contribution in [3.05, 3.63) is 41.5 Å². The van der Waals surface area contributed by atoms with E-state index in [4.69, 9.17) is 10.4 Å². The molecule has 88 valence electrons. The first-order chi connectivity index (χ1) is 8.04. The van der Waals surface area contributed by atoms with Gasteiger partial charge in [-0.05, 0) is 31.2 Å². The van der Waals surface area contributed by atoms with Crippen LogP contribution in [0.5, 0.6) is 0 Å². The molecule has 1 aromatic carbocycles. The second kappa shape index (κ2) is 5.71. The molecule has 4 heteroatoms. The van der Waals surface area contributed by atoms with Gasteiger partial charge in [-0.1, -0.05) is 6.08 Å². The highest BCUT2D eigenvalue weighted by Gasteiger charge is 2.02. The first-order valence-corrected chi connectivity index (χ1v) is 5.16. The van der Waals surface area contributed by atoms with Gasteiger partial charge in [-0.15, -0.1) is 0 Å². The van der Waals surface area contributed by atoms with Gasteiger partial charge in [0.05, 0.1) is 11.6 Å². The molecular formula is C13H14N2O2. The molecule has 17 heavy (non-hydrogen) atoms. The molecule has 4 nitrogen and oxygen atoms in total. The van der Waals surface area contributed by atoms with Gasteiger partial charge in [-0.3, -0.25) is 0 Å². The molecule has 0 spiro atoms. The second-order valence-electron chi connectivity index (χ2n) is 3.73. The Balaban J connectivity index is 2.70. The van der Waals surface area contributed by atoms with E-state index in [0.717, 1.165) is 5.69 Å². The summed E-state index contributed by atoms with van der Waals surface area (Å²) in [6.07, 6.45) is 1.65. The zero-order valence-corrected chi connectivity index (χ0v) is 9.84. The molecule has 0 aliphatic heterocycles. The van der Waals surface area contributed by atoms with Crippen LogP contribution in [0.25, 0.3) is 0 Å². The summed E-state index contributed by atoms with van der Waals surface area (Å²) in [5.74, 6) is -0.904. The standard InChI is InChI=1S/C13H14N2O2/c1-10(13(16)17)7-8-15(2)12-5-3-11(9-14)4-6-12/h3-7H,8H2,1-2H3,(H,16,17). The Kier molecular flexibility index (Phi) is 4.29. The summed E-state index contributed by atoms with van der Waals surface area (Å²) < 4.78 is 0. The molecule has 0 radical (unpaired) electrons. The van der Waals surface area contributed by atoms with Crippen molar-refractivity contribution in [2.75, 3.05) is 18.5 Å². The molecule has 0 saturated carbocycles. The fourth-order valence-electron chi connectivity index (χ4n) is 1.26. The number of nitrogens with zero attached hydrogens (tertiary/aromatic N) is 2. The van der Waals surface area contributed by atoms with Gasteiger partial charge < -0.3 is 10.0 Å². The maximum Gasteiger partial charge on any atom is 0.331 e. The van der Waals surface area contributed by atoms with Crippen LogP contribution in [-0.2, 0) is 4.79 Å². The number of likely N-dealkylation sites (N-methyl/N-ethyl adjacent to an activating group) is 1. The van der Waals surface area contributed by atoms with Crippen LogP contribution in [-0.4, -0.2) is 24.7 Å². The lowest BCUT2D eigenvalue weighted by atomic mass is 10.2. The van der Waals surface area contributed by atoms with E-state index < -0.39 is 5.97 Å².